The van der Waals surface area contributed by atoms with E-state index in [9.17, 15) is 0 Å². The molecule has 0 bridgehead atoms. The first kappa shape index (κ1) is 18.5. The second-order valence-electron chi connectivity index (χ2n) is 6.60. The predicted octanol–water partition coefficient (Wildman–Crippen LogP) is 7.23. The molecule has 2 aromatic carbocycles. The number of hydrogen-bond donors (Lipinski definition) is 0. The van der Waals surface area contributed by atoms with Gasteiger partial charge in [0, 0.05) is 6.07 Å². The van der Waals surface area contributed by atoms with Crippen molar-refractivity contribution in [3.63, 3.8) is 0 Å². The Morgan fingerprint density at radius 3 is 2.44 bits per heavy atom. The quantitative estimate of drug-likeness (QED) is 0.393. The number of thioether (sulfide) groups is 2. The maximum atomic E-state index is 4.64. The summed E-state index contributed by atoms with van der Waals surface area (Å²) in [6, 6.07) is 17.1. The molecule has 27 heavy (non-hydrogen) atoms. The summed E-state index contributed by atoms with van der Waals surface area (Å²) >= 11 is 3.71. The standard InChI is InChI=1S/C23H24N2S2/c1-3-25(4-2)19-13-9-11-15-21(19)27-23(25)17-7-5-6-16-22-24-18-12-8-10-14-20(18)26-22/h5-17,23H,3-4H2,1-2H3/b6-5+,17-7+,22-16+. The lowest BCUT2D eigenvalue weighted by Gasteiger charge is -2.36. The van der Waals surface area contributed by atoms with Gasteiger partial charge in [-0.3, -0.25) is 4.48 Å². The van der Waals surface area contributed by atoms with Crippen LogP contribution in [0.15, 0.2) is 93.7 Å². The fourth-order valence-corrected chi connectivity index (χ4v) is 6.19. The third kappa shape index (κ3) is 3.49. The first-order chi connectivity index (χ1) is 13.3. The SMILES string of the molecule is CC[N+]1(CC)c2ccccc2SC1/C=C/C=C/C=C1\[N-]c2ccccc2S1. The second-order valence-corrected chi connectivity index (χ2v) is 8.82. The fraction of sp³-hybridized carbons (Fsp3) is 0.217. The molecular weight excluding hydrogens is 368 g/mol. The average molecular weight is 393 g/mol. The molecule has 0 N–H and O–H groups in total. The molecule has 1 unspecified atom stereocenters. The van der Waals surface area contributed by atoms with Crippen molar-refractivity contribution in [1.29, 1.82) is 0 Å². The zero-order valence-electron chi connectivity index (χ0n) is 15.7. The molecule has 0 spiro atoms. The smallest absolute Gasteiger partial charge is 0.164 e. The van der Waals surface area contributed by atoms with E-state index in [0.29, 0.717) is 5.37 Å². The van der Waals surface area contributed by atoms with E-state index < -0.39 is 0 Å². The fourth-order valence-electron chi connectivity index (χ4n) is 3.74. The Balaban J connectivity index is 1.44. The maximum absolute atomic E-state index is 4.64. The third-order valence-electron chi connectivity index (χ3n) is 5.26. The Kier molecular flexibility index (Phi) is 5.48. The van der Waals surface area contributed by atoms with Gasteiger partial charge in [-0.05, 0) is 37.0 Å². The van der Waals surface area contributed by atoms with Gasteiger partial charge in [0.1, 0.15) is 5.69 Å². The minimum Gasteiger partial charge on any atom is -0.651 e. The van der Waals surface area contributed by atoms with Gasteiger partial charge in [0.25, 0.3) is 0 Å². The summed E-state index contributed by atoms with van der Waals surface area (Å²) in [4.78, 5) is 2.65. The van der Waals surface area contributed by atoms with Crippen molar-refractivity contribution in [1.82, 2.24) is 4.48 Å². The number of rotatable bonds is 5. The summed E-state index contributed by atoms with van der Waals surface area (Å²) in [6.07, 6.45) is 10.8. The highest BCUT2D eigenvalue weighted by Gasteiger charge is 2.43. The van der Waals surface area contributed by atoms with Gasteiger partial charge < -0.3 is 5.32 Å². The van der Waals surface area contributed by atoms with Crippen LogP contribution in [-0.2, 0) is 0 Å². The zero-order valence-corrected chi connectivity index (χ0v) is 17.3. The highest BCUT2D eigenvalue weighted by molar-refractivity contribution is 8.03. The van der Waals surface area contributed by atoms with Crippen molar-refractivity contribution in [3.8, 4) is 0 Å². The summed E-state index contributed by atoms with van der Waals surface area (Å²) in [5.74, 6) is 0. The number of nitrogens with zero attached hydrogens (tertiary/aromatic N) is 2. The Bertz CT molecular complexity index is 883. The van der Waals surface area contributed by atoms with E-state index in [1.807, 2.05) is 17.8 Å². The topological polar surface area (TPSA) is 14.1 Å². The van der Waals surface area contributed by atoms with E-state index in [0.717, 1.165) is 28.3 Å². The Morgan fingerprint density at radius 1 is 0.926 bits per heavy atom. The molecule has 2 heterocycles. The van der Waals surface area contributed by atoms with Crippen LogP contribution in [0.2, 0.25) is 0 Å². The van der Waals surface area contributed by atoms with Crippen LogP contribution in [0.5, 0.6) is 0 Å². The molecule has 138 valence electrons. The van der Waals surface area contributed by atoms with E-state index in [1.54, 1.807) is 11.8 Å². The monoisotopic (exact) mass is 392 g/mol. The van der Waals surface area contributed by atoms with Gasteiger partial charge in [0.05, 0.1) is 18.0 Å². The van der Waals surface area contributed by atoms with E-state index in [-0.39, 0.29) is 0 Å². The van der Waals surface area contributed by atoms with Gasteiger partial charge in [-0.15, -0.1) is 17.4 Å². The molecule has 0 radical (unpaired) electrons. The summed E-state index contributed by atoms with van der Waals surface area (Å²) in [6.45, 7) is 6.81. The number of hydrogen-bond acceptors (Lipinski definition) is 2. The van der Waals surface area contributed by atoms with Crippen molar-refractivity contribution < 1.29 is 0 Å². The summed E-state index contributed by atoms with van der Waals surface area (Å²) < 4.78 is 1.02. The van der Waals surface area contributed by atoms with Gasteiger partial charge in [0.15, 0.2) is 5.37 Å². The largest absolute Gasteiger partial charge is 0.651 e. The lowest BCUT2D eigenvalue weighted by molar-refractivity contribution is 0.314. The molecule has 0 aromatic heterocycles. The Morgan fingerprint density at radius 2 is 1.67 bits per heavy atom. The van der Waals surface area contributed by atoms with E-state index >= 15 is 0 Å². The van der Waals surface area contributed by atoms with Crippen molar-refractivity contribution in [2.45, 2.75) is 29.0 Å². The van der Waals surface area contributed by atoms with Crippen LogP contribution >= 0.6 is 23.5 Å². The van der Waals surface area contributed by atoms with Crippen LogP contribution in [-0.4, -0.2) is 18.5 Å². The van der Waals surface area contributed by atoms with E-state index in [2.05, 4.69) is 92.0 Å². The Labute approximate surface area is 170 Å². The van der Waals surface area contributed by atoms with E-state index in [4.69, 9.17) is 0 Å². The first-order valence-electron chi connectivity index (χ1n) is 9.43. The number of quaternary nitrogens is 1. The number of para-hydroxylation sites is 2. The molecule has 2 aliphatic heterocycles. The van der Waals surface area contributed by atoms with E-state index in [1.165, 1.54) is 15.5 Å². The summed E-state index contributed by atoms with van der Waals surface area (Å²) in [5.41, 5.74) is 2.54. The molecule has 0 saturated heterocycles. The molecule has 0 fully saturated rings. The minimum atomic E-state index is 0.435. The lowest BCUT2D eigenvalue weighted by atomic mass is 10.2. The predicted molar refractivity (Wildman–Crippen MR) is 121 cm³/mol. The van der Waals surface area contributed by atoms with Crippen LogP contribution < -0.4 is 4.48 Å². The van der Waals surface area contributed by atoms with Crippen molar-refractivity contribution in [3.05, 3.63) is 89.3 Å². The van der Waals surface area contributed by atoms with Gasteiger partial charge in [-0.2, -0.15) is 0 Å². The molecule has 0 saturated carbocycles. The Hall–Kier alpha value is -1.88. The van der Waals surface area contributed by atoms with Crippen LogP contribution in [0.25, 0.3) is 5.32 Å². The van der Waals surface area contributed by atoms with Gasteiger partial charge in [0.2, 0.25) is 0 Å². The third-order valence-corrected chi connectivity index (χ3v) is 7.66. The van der Waals surface area contributed by atoms with Crippen LogP contribution in [0, 0.1) is 0 Å². The maximum Gasteiger partial charge on any atom is 0.164 e. The zero-order chi connectivity index (χ0) is 18.7. The highest BCUT2D eigenvalue weighted by atomic mass is 32.2. The van der Waals surface area contributed by atoms with Crippen LogP contribution in [0.4, 0.5) is 11.4 Å². The number of allylic oxidation sites excluding steroid dienone is 4. The molecule has 4 rings (SSSR count). The summed E-state index contributed by atoms with van der Waals surface area (Å²) in [5, 5.41) is 6.13. The molecular formula is C23H24N2S2. The number of benzene rings is 2. The molecule has 0 amide bonds. The normalized spacial score (nSPS) is 21.7. The van der Waals surface area contributed by atoms with Crippen molar-refractivity contribution >= 4 is 34.9 Å². The molecule has 4 heteroatoms. The van der Waals surface area contributed by atoms with Crippen LogP contribution in [0.1, 0.15) is 13.8 Å². The van der Waals surface area contributed by atoms with Crippen LogP contribution in [0.3, 0.4) is 0 Å². The average Bonchev–Trinajstić information content (AvgIpc) is 3.26. The molecule has 1 atom stereocenters. The van der Waals surface area contributed by atoms with Gasteiger partial charge in [-0.25, -0.2) is 0 Å². The first-order valence-corrected chi connectivity index (χ1v) is 11.1. The molecule has 2 aromatic rings. The van der Waals surface area contributed by atoms with Crippen molar-refractivity contribution in [2.75, 3.05) is 13.1 Å². The minimum absolute atomic E-state index is 0.435. The number of likely N-dealkylation sites (N-methyl/N-ethyl adjacent to an activating group) is 1. The molecule has 0 aliphatic carbocycles. The number of fused-ring (bicyclic) bond motifs is 2. The molecule has 2 aliphatic rings. The highest BCUT2D eigenvalue weighted by Crippen LogP contribution is 2.50. The lowest BCUT2D eigenvalue weighted by Crippen LogP contribution is -2.52. The second kappa shape index (κ2) is 8.01. The van der Waals surface area contributed by atoms with Gasteiger partial charge in [-0.1, -0.05) is 71.4 Å². The molecule has 2 nitrogen and oxygen atoms in total. The summed E-state index contributed by atoms with van der Waals surface area (Å²) in [7, 11) is 0. The van der Waals surface area contributed by atoms with Crippen molar-refractivity contribution in [2.24, 2.45) is 0 Å². The van der Waals surface area contributed by atoms with Gasteiger partial charge >= 0.3 is 0 Å².